The summed E-state index contributed by atoms with van der Waals surface area (Å²) >= 11 is 1.57. The summed E-state index contributed by atoms with van der Waals surface area (Å²) in [6, 6.07) is -1.16. The van der Waals surface area contributed by atoms with Crippen LogP contribution in [0.1, 0.15) is 39.0 Å². The molecule has 1 fully saturated rings. The van der Waals surface area contributed by atoms with Gasteiger partial charge in [-0.15, -0.1) is 0 Å². The Morgan fingerprint density at radius 1 is 1.44 bits per heavy atom. The number of carbonyl (C=O) groups is 2. The Morgan fingerprint density at radius 3 is 2.50 bits per heavy atom. The van der Waals surface area contributed by atoms with Gasteiger partial charge in [-0.3, -0.25) is 0 Å². The summed E-state index contributed by atoms with van der Waals surface area (Å²) in [7, 11) is 0. The minimum Gasteiger partial charge on any atom is -0.480 e. The van der Waals surface area contributed by atoms with E-state index < -0.39 is 12.0 Å². The van der Waals surface area contributed by atoms with E-state index in [1.54, 1.807) is 11.8 Å². The molecule has 2 amide bonds. The van der Waals surface area contributed by atoms with E-state index in [4.69, 9.17) is 5.11 Å². The third kappa shape index (κ3) is 4.08. The molecule has 6 heteroatoms. The quantitative estimate of drug-likeness (QED) is 0.662. The molecule has 0 aromatic carbocycles. The van der Waals surface area contributed by atoms with Crippen molar-refractivity contribution in [3.8, 4) is 0 Å². The maximum Gasteiger partial charge on any atom is 0.326 e. The first-order valence-corrected chi connectivity index (χ1v) is 7.73. The van der Waals surface area contributed by atoms with Crippen LogP contribution in [0.4, 0.5) is 4.79 Å². The first kappa shape index (κ1) is 15.1. The van der Waals surface area contributed by atoms with Crippen LogP contribution < -0.4 is 10.6 Å². The molecule has 104 valence electrons. The zero-order valence-electron chi connectivity index (χ0n) is 11.0. The number of hydrogen-bond donors (Lipinski definition) is 3. The number of carboxylic acids is 1. The van der Waals surface area contributed by atoms with E-state index in [2.05, 4.69) is 10.6 Å². The van der Waals surface area contributed by atoms with E-state index >= 15 is 0 Å². The molecule has 1 aliphatic rings. The molecule has 1 saturated carbocycles. The molecule has 0 bridgehead atoms. The van der Waals surface area contributed by atoms with E-state index in [1.807, 2.05) is 13.2 Å². The summed E-state index contributed by atoms with van der Waals surface area (Å²) in [4.78, 5) is 22.8. The van der Waals surface area contributed by atoms with Gasteiger partial charge in [-0.1, -0.05) is 6.92 Å². The maximum absolute atomic E-state index is 11.8. The summed E-state index contributed by atoms with van der Waals surface area (Å²) in [6.45, 7) is 2.04. The summed E-state index contributed by atoms with van der Waals surface area (Å²) in [5.74, 6) is -0.255. The second-order valence-electron chi connectivity index (χ2n) is 4.76. The Balaban J connectivity index is 2.43. The van der Waals surface area contributed by atoms with Gasteiger partial charge in [-0.05, 0) is 44.1 Å². The molecule has 5 nitrogen and oxygen atoms in total. The Kier molecular flexibility index (Phi) is 5.78. The Morgan fingerprint density at radius 2 is 2.11 bits per heavy atom. The van der Waals surface area contributed by atoms with E-state index in [0.29, 0.717) is 6.42 Å². The Labute approximate surface area is 112 Å². The van der Waals surface area contributed by atoms with Gasteiger partial charge in [-0.25, -0.2) is 9.59 Å². The predicted octanol–water partition coefficient (Wildman–Crippen LogP) is 1.82. The van der Waals surface area contributed by atoms with E-state index in [9.17, 15) is 9.59 Å². The fraction of sp³-hybridized carbons (Fsp3) is 0.833. The van der Waals surface area contributed by atoms with Gasteiger partial charge in [0.25, 0.3) is 0 Å². The SMILES string of the molecule is CCC1(NC(=O)N[C@H](CCSC)C(=O)O)CCC1. The second kappa shape index (κ2) is 6.87. The smallest absolute Gasteiger partial charge is 0.326 e. The molecule has 1 atom stereocenters. The monoisotopic (exact) mass is 274 g/mol. The van der Waals surface area contributed by atoms with Crippen molar-refractivity contribution in [1.29, 1.82) is 0 Å². The second-order valence-corrected chi connectivity index (χ2v) is 5.74. The van der Waals surface area contributed by atoms with Crippen LogP contribution in [0, 0.1) is 0 Å². The van der Waals surface area contributed by atoms with Crippen molar-refractivity contribution in [3.05, 3.63) is 0 Å². The molecule has 0 spiro atoms. The van der Waals surface area contributed by atoms with Crippen molar-refractivity contribution >= 4 is 23.8 Å². The number of amides is 2. The van der Waals surface area contributed by atoms with E-state index in [-0.39, 0.29) is 11.6 Å². The molecule has 0 aromatic rings. The van der Waals surface area contributed by atoms with Gasteiger partial charge in [0.2, 0.25) is 0 Å². The van der Waals surface area contributed by atoms with Crippen LogP contribution in [0.5, 0.6) is 0 Å². The van der Waals surface area contributed by atoms with Crippen LogP contribution in [0.25, 0.3) is 0 Å². The maximum atomic E-state index is 11.8. The lowest BCUT2D eigenvalue weighted by Crippen LogP contribution is -2.58. The Bertz CT molecular complexity index is 300. The molecule has 3 N–H and O–H groups in total. The average molecular weight is 274 g/mol. The molecule has 0 unspecified atom stereocenters. The van der Waals surface area contributed by atoms with Crippen molar-refractivity contribution in [2.24, 2.45) is 0 Å². The highest BCUT2D eigenvalue weighted by molar-refractivity contribution is 7.98. The van der Waals surface area contributed by atoms with Crippen LogP contribution in [-0.4, -0.2) is 40.7 Å². The summed E-state index contributed by atoms with van der Waals surface area (Å²) in [5.41, 5.74) is -0.105. The van der Waals surface area contributed by atoms with Crippen LogP contribution >= 0.6 is 11.8 Å². The molecule has 0 heterocycles. The van der Waals surface area contributed by atoms with Gasteiger partial charge in [0.1, 0.15) is 6.04 Å². The Hall–Kier alpha value is -0.910. The van der Waals surface area contributed by atoms with Crippen molar-refractivity contribution < 1.29 is 14.7 Å². The predicted molar refractivity (Wildman–Crippen MR) is 73.0 cm³/mol. The molecule has 1 rings (SSSR count). The fourth-order valence-electron chi connectivity index (χ4n) is 2.10. The van der Waals surface area contributed by atoms with Gasteiger partial charge >= 0.3 is 12.0 Å². The van der Waals surface area contributed by atoms with E-state index in [1.165, 1.54) is 0 Å². The number of aliphatic carboxylic acids is 1. The average Bonchev–Trinajstić information content (AvgIpc) is 2.28. The zero-order chi connectivity index (χ0) is 13.6. The standard InChI is InChI=1S/C12H22N2O3S/c1-3-12(6-4-7-12)14-11(17)13-9(10(15)16)5-8-18-2/h9H,3-8H2,1-2H3,(H,15,16)(H2,13,14,17)/t9-/m1/s1. The topological polar surface area (TPSA) is 78.4 Å². The van der Waals surface area contributed by atoms with Gasteiger partial charge in [0, 0.05) is 5.54 Å². The van der Waals surface area contributed by atoms with Crippen LogP contribution in [0.3, 0.4) is 0 Å². The first-order chi connectivity index (χ1) is 8.53. The molecule has 1 aliphatic carbocycles. The normalized spacial score (nSPS) is 18.6. The largest absolute Gasteiger partial charge is 0.480 e. The van der Waals surface area contributed by atoms with E-state index in [0.717, 1.165) is 31.4 Å². The fourth-order valence-corrected chi connectivity index (χ4v) is 2.57. The highest BCUT2D eigenvalue weighted by atomic mass is 32.2. The summed E-state index contributed by atoms with van der Waals surface area (Å²) in [5, 5.41) is 14.5. The molecule has 0 aliphatic heterocycles. The van der Waals surface area contributed by atoms with Crippen molar-refractivity contribution in [1.82, 2.24) is 10.6 Å². The number of thioether (sulfide) groups is 1. The third-order valence-corrected chi connectivity index (χ3v) is 4.22. The number of nitrogens with one attached hydrogen (secondary N) is 2. The molecular formula is C12H22N2O3S. The number of urea groups is 1. The van der Waals surface area contributed by atoms with Crippen molar-refractivity contribution in [2.45, 2.75) is 50.6 Å². The first-order valence-electron chi connectivity index (χ1n) is 6.33. The van der Waals surface area contributed by atoms with Gasteiger partial charge < -0.3 is 15.7 Å². The van der Waals surface area contributed by atoms with Crippen LogP contribution in [0.2, 0.25) is 0 Å². The minimum atomic E-state index is -0.974. The number of carbonyl (C=O) groups excluding carboxylic acids is 1. The third-order valence-electron chi connectivity index (χ3n) is 3.58. The lowest BCUT2D eigenvalue weighted by molar-refractivity contribution is -0.139. The van der Waals surface area contributed by atoms with Crippen molar-refractivity contribution in [3.63, 3.8) is 0 Å². The highest BCUT2D eigenvalue weighted by Gasteiger charge is 2.37. The molecule has 0 saturated heterocycles. The van der Waals surface area contributed by atoms with Gasteiger partial charge in [-0.2, -0.15) is 11.8 Å². The summed E-state index contributed by atoms with van der Waals surface area (Å²) < 4.78 is 0. The minimum absolute atomic E-state index is 0.105. The summed E-state index contributed by atoms with van der Waals surface area (Å²) in [6.07, 6.45) is 6.35. The van der Waals surface area contributed by atoms with Gasteiger partial charge in [0.15, 0.2) is 0 Å². The number of carboxylic acid groups (broad SMARTS) is 1. The molecule has 18 heavy (non-hydrogen) atoms. The van der Waals surface area contributed by atoms with Crippen LogP contribution in [-0.2, 0) is 4.79 Å². The highest BCUT2D eigenvalue weighted by Crippen LogP contribution is 2.34. The number of hydrogen-bond acceptors (Lipinski definition) is 3. The number of rotatable bonds is 7. The van der Waals surface area contributed by atoms with Gasteiger partial charge in [0.05, 0.1) is 0 Å². The molecular weight excluding hydrogens is 252 g/mol. The molecule has 0 radical (unpaired) electrons. The van der Waals surface area contributed by atoms with Crippen LogP contribution in [0.15, 0.2) is 0 Å². The lowest BCUT2D eigenvalue weighted by Gasteiger charge is -2.42. The lowest BCUT2D eigenvalue weighted by atomic mass is 9.75. The van der Waals surface area contributed by atoms with Crippen molar-refractivity contribution in [2.75, 3.05) is 12.0 Å². The molecule has 0 aromatic heterocycles. The zero-order valence-corrected chi connectivity index (χ0v) is 11.8.